The maximum Gasteiger partial charge on any atom is 0.417 e. The number of hydrogen-bond acceptors (Lipinski definition) is 8. The Morgan fingerprint density at radius 1 is 1.07 bits per heavy atom. The zero-order valence-electron chi connectivity index (χ0n) is 15.8. The number of hydrogen-bond donors (Lipinski definition) is 2. The van der Waals surface area contributed by atoms with Gasteiger partial charge in [-0.15, -0.1) is 0 Å². The monoisotopic (exact) mass is 412 g/mol. The van der Waals surface area contributed by atoms with Crippen LogP contribution in [0, 0.1) is 0 Å². The van der Waals surface area contributed by atoms with Crippen LogP contribution in [0.3, 0.4) is 0 Å². The molecule has 0 saturated carbocycles. The number of nitrogens with two attached hydrogens (primary N) is 1. The van der Waals surface area contributed by atoms with E-state index in [4.69, 9.17) is 15.2 Å². The van der Waals surface area contributed by atoms with E-state index in [1.165, 1.54) is 0 Å². The lowest BCUT2D eigenvalue weighted by molar-refractivity contribution is -0.137. The van der Waals surface area contributed by atoms with Crippen LogP contribution in [0.2, 0.25) is 0 Å². The molecule has 1 aromatic heterocycles. The maximum absolute atomic E-state index is 13.7. The van der Waals surface area contributed by atoms with Crippen molar-refractivity contribution in [2.24, 2.45) is 4.99 Å². The lowest BCUT2D eigenvalue weighted by Crippen LogP contribution is -2.57. The van der Waals surface area contributed by atoms with Crippen molar-refractivity contribution in [2.45, 2.75) is 12.3 Å². The van der Waals surface area contributed by atoms with Gasteiger partial charge in [0, 0.05) is 37.9 Å². The molecule has 2 fully saturated rings. The van der Waals surface area contributed by atoms with Crippen molar-refractivity contribution in [3.63, 3.8) is 0 Å². The maximum atomic E-state index is 13.7. The summed E-state index contributed by atoms with van der Waals surface area (Å²) in [7, 11) is 0. The van der Waals surface area contributed by atoms with E-state index in [2.05, 4.69) is 20.2 Å². The molecule has 3 N–H and O–H groups in total. The van der Waals surface area contributed by atoms with Gasteiger partial charge in [0.25, 0.3) is 0 Å². The molecule has 4 heterocycles. The van der Waals surface area contributed by atoms with Gasteiger partial charge >= 0.3 is 6.18 Å². The average molecular weight is 412 g/mol. The largest absolute Gasteiger partial charge is 0.417 e. The molecule has 0 bridgehead atoms. The van der Waals surface area contributed by atoms with Gasteiger partial charge in [0.1, 0.15) is 12.0 Å². The van der Waals surface area contributed by atoms with Crippen LogP contribution in [0.1, 0.15) is 11.1 Å². The first-order chi connectivity index (χ1) is 13.9. The molecule has 3 aliphatic heterocycles. The molecule has 0 spiro atoms. The van der Waals surface area contributed by atoms with Gasteiger partial charge in [0.2, 0.25) is 5.96 Å². The van der Waals surface area contributed by atoms with E-state index < -0.39 is 11.7 Å². The Bertz CT molecular complexity index is 801. The third kappa shape index (κ3) is 4.46. The van der Waals surface area contributed by atoms with Gasteiger partial charge < -0.3 is 25.4 Å². The number of anilines is 1. The predicted molar refractivity (Wildman–Crippen MR) is 101 cm³/mol. The summed E-state index contributed by atoms with van der Waals surface area (Å²) in [6, 6.07) is 0.853. The smallest absolute Gasteiger partial charge is 0.384 e. The van der Waals surface area contributed by atoms with E-state index in [-0.39, 0.29) is 23.2 Å². The van der Waals surface area contributed by atoms with Gasteiger partial charge in [-0.3, -0.25) is 4.90 Å². The predicted octanol–water partition coefficient (Wildman–Crippen LogP) is 0.973. The summed E-state index contributed by atoms with van der Waals surface area (Å²) in [5.74, 6) is 0.352. The Kier molecular flexibility index (Phi) is 5.61. The zero-order valence-corrected chi connectivity index (χ0v) is 15.8. The quantitative estimate of drug-likeness (QED) is 0.749. The highest BCUT2D eigenvalue weighted by Gasteiger charge is 2.36. The highest BCUT2D eigenvalue weighted by atomic mass is 19.4. The number of nitrogens with one attached hydrogen (secondary N) is 1. The van der Waals surface area contributed by atoms with E-state index in [0.29, 0.717) is 58.6 Å². The van der Waals surface area contributed by atoms with Gasteiger partial charge in [0.05, 0.1) is 37.7 Å². The number of ether oxygens (including phenoxy) is 2. The molecule has 1 aromatic rings. The van der Waals surface area contributed by atoms with Crippen molar-refractivity contribution in [1.82, 2.24) is 20.1 Å². The number of pyridine rings is 1. The number of rotatable bonds is 2. The van der Waals surface area contributed by atoms with Crippen LogP contribution >= 0.6 is 0 Å². The minimum atomic E-state index is -4.57. The van der Waals surface area contributed by atoms with Gasteiger partial charge in [-0.2, -0.15) is 13.2 Å². The third-order valence-electron chi connectivity index (χ3n) is 5.08. The van der Waals surface area contributed by atoms with Crippen molar-refractivity contribution < 1.29 is 22.6 Å². The normalized spacial score (nSPS) is 24.0. The molecular weight excluding hydrogens is 389 g/mol. The van der Waals surface area contributed by atoms with Crippen LogP contribution < -0.4 is 11.1 Å². The highest BCUT2D eigenvalue weighted by molar-refractivity contribution is 5.89. The summed E-state index contributed by atoms with van der Waals surface area (Å²) >= 11 is 0. The minimum Gasteiger partial charge on any atom is -0.384 e. The molecule has 0 radical (unpaired) electrons. The van der Waals surface area contributed by atoms with Crippen LogP contribution in [0.5, 0.6) is 0 Å². The van der Waals surface area contributed by atoms with E-state index in [0.717, 1.165) is 12.3 Å². The summed E-state index contributed by atoms with van der Waals surface area (Å²) in [5.41, 5.74) is 4.81. The summed E-state index contributed by atoms with van der Waals surface area (Å²) < 4.78 is 51.8. The first-order valence-corrected chi connectivity index (χ1v) is 9.46. The highest BCUT2D eigenvalue weighted by Crippen LogP contribution is 2.36. The second kappa shape index (κ2) is 8.17. The van der Waals surface area contributed by atoms with Gasteiger partial charge in [-0.05, 0) is 12.1 Å². The molecule has 11 heteroatoms. The molecule has 0 aliphatic carbocycles. The van der Waals surface area contributed by atoms with E-state index in [9.17, 15) is 13.2 Å². The second-order valence-electron chi connectivity index (χ2n) is 6.98. The zero-order chi connectivity index (χ0) is 20.4. The van der Waals surface area contributed by atoms with Crippen LogP contribution in [0.25, 0.3) is 5.70 Å². The molecule has 1 unspecified atom stereocenters. The number of aromatic nitrogens is 1. The first kappa shape index (κ1) is 19.9. The van der Waals surface area contributed by atoms with Gasteiger partial charge in [0.15, 0.2) is 0 Å². The molecule has 3 aliphatic rings. The molecule has 1 atom stereocenters. The van der Waals surface area contributed by atoms with Gasteiger partial charge in [-0.25, -0.2) is 9.98 Å². The lowest BCUT2D eigenvalue weighted by Gasteiger charge is -2.39. The van der Waals surface area contributed by atoms with Crippen LogP contribution in [0.4, 0.5) is 19.0 Å². The summed E-state index contributed by atoms with van der Waals surface area (Å²) in [5, 5.41) is 3.35. The Morgan fingerprint density at radius 3 is 2.38 bits per heavy atom. The van der Waals surface area contributed by atoms with Crippen LogP contribution in [0.15, 0.2) is 23.3 Å². The Morgan fingerprint density at radius 2 is 1.72 bits per heavy atom. The SMILES string of the molecule is Nc1cc(C(F)(F)F)c(C2=CC(N3CCOCC3)NC(N3CCOCC3)=N2)cn1. The van der Waals surface area contributed by atoms with Crippen molar-refractivity contribution in [2.75, 3.05) is 58.3 Å². The number of guanidine groups is 1. The molecule has 0 amide bonds. The number of aliphatic imine (C=N–C) groups is 1. The molecule has 8 nitrogen and oxygen atoms in total. The number of halogens is 3. The van der Waals surface area contributed by atoms with Gasteiger partial charge in [-0.1, -0.05) is 0 Å². The summed E-state index contributed by atoms with van der Waals surface area (Å²) in [4.78, 5) is 12.5. The standard InChI is InChI=1S/C18H23F3N6O2/c19-18(20,21)13-9-15(22)23-11-12(13)14-10-16(26-1-5-28-6-2-26)25-17(24-14)27-3-7-29-8-4-27/h9-11,16H,1-8H2,(H2,22,23)(H,24,25). The summed E-state index contributed by atoms with van der Waals surface area (Å²) in [6.07, 6.45) is -2.02. The molecule has 0 aromatic carbocycles. The number of nitrogen functional groups attached to an aromatic ring is 1. The lowest BCUT2D eigenvalue weighted by atomic mass is 10.0. The fraction of sp³-hybridized carbons (Fsp3) is 0.556. The first-order valence-electron chi connectivity index (χ1n) is 9.46. The van der Waals surface area contributed by atoms with Crippen molar-refractivity contribution in [1.29, 1.82) is 0 Å². The van der Waals surface area contributed by atoms with Crippen LogP contribution in [-0.2, 0) is 15.7 Å². The fourth-order valence-electron chi connectivity index (χ4n) is 3.56. The minimum absolute atomic E-state index is 0.0859. The molecule has 158 valence electrons. The molecule has 2 saturated heterocycles. The second-order valence-corrected chi connectivity index (χ2v) is 6.98. The number of alkyl halides is 3. The van der Waals surface area contributed by atoms with E-state index in [1.807, 2.05) is 4.90 Å². The number of nitrogens with zero attached hydrogens (tertiary/aromatic N) is 4. The third-order valence-corrected chi connectivity index (χ3v) is 5.08. The van der Waals surface area contributed by atoms with Crippen LogP contribution in [-0.4, -0.2) is 79.5 Å². The van der Waals surface area contributed by atoms with Crippen molar-refractivity contribution in [3.8, 4) is 0 Å². The Labute approximate surface area is 166 Å². The summed E-state index contributed by atoms with van der Waals surface area (Å²) in [6.45, 7) is 4.79. The topological polar surface area (TPSA) is 88.2 Å². The van der Waals surface area contributed by atoms with Crippen molar-refractivity contribution >= 4 is 17.5 Å². The van der Waals surface area contributed by atoms with E-state index in [1.54, 1.807) is 6.08 Å². The molecule has 29 heavy (non-hydrogen) atoms. The molecule has 4 rings (SSSR count). The number of morpholine rings is 2. The van der Waals surface area contributed by atoms with Crippen molar-refractivity contribution in [3.05, 3.63) is 29.5 Å². The van der Waals surface area contributed by atoms with E-state index >= 15 is 0 Å². The fourth-order valence-corrected chi connectivity index (χ4v) is 3.56. The Balaban J connectivity index is 1.73. The molecular formula is C18H23F3N6O2. The average Bonchev–Trinajstić information content (AvgIpc) is 2.74. The Hall–Kier alpha value is -2.37.